The van der Waals surface area contributed by atoms with Gasteiger partial charge in [-0.15, -0.1) is 0 Å². The Morgan fingerprint density at radius 1 is 1.27 bits per heavy atom. The molecule has 2 atom stereocenters. The molecule has 2 unspecified atom stereocenters. The summed E-state index contributed by atoms with van der Waals surface area (Å²) in [5, 5.41) is 0. The molecule has 1 saturated heterocycles. The molecule has 2 rings (SSSR count). The van der Waals surface area contributed by atoms with Crippen LogP contribution in [0.15, 0.2) is 0 Å². The largest absolute Gasteiger partial charge is 0.381 e. The van der Waals surface area contributed by atoms with E-state index in [-0.39, 0.29) is 0 Å². The Labute approximate surface area is 92.4 Å². The van der Waals surface area contributed by atoms with Gasteiger partial charge in [0, 0.05) is 26.1 Å². The second-order valence-electron chi connectivity index (χ2n) is 5.06. The second-order valence-corrected chi connectivity index (χ2v) is 5.06. The topological polar surface area (TPSA) is 26.3 Å². The summed E-state index contributed by atoms with van der Waals surface area (Å²) in [6, 6.07) is 0. The molecule has 2 nitrogen and oxygen atoms in total. The van der Waals surface area contributed by atoms with Crippen molar-refractivity contribution in [3.8, 4) is 0 Å². The Bertz CT molecular complexity index is 219. The lowest BCUT2D eigenvalue weighted by Gasteiger charge is -2.38. The van der Waals surface area contributed by atoms with Crippen molar-refractivity contribution < 1.29 is 9.53 Å². The number of carbonyl (C=O) groups is 1. The summed E-state index contributed by atoms with van der Waals surface area (Å²) in [4.78, 5) is 11.5. The van der Waals surface area contributed by atoms with E-state index in [1.165, 1.54) is 19.3 Å². The SMILES string of the molecule is CCC1CCC(=O)CC1C1CCOCC1. The molecule has 15 heavy (non-hydrogen) atoms. The zero-order chi connectivity index (χ0) is 10.7. The van der Waals surface area contributed by atoms with Gasteiger partial charge in [0.05, 0.1) is 0 Å². The first-order valence-electron chi connectivity index (χ1n) is 6.40. The van der Waals surface area contributed by atoms with Gasteiger partial charge in [-0.1, -0.05) is 13.3 Å². The molecule has 2 aliphatic rings. The lowest BCUT2D eigenvalue weighted by Crippen LogP contribution is -2.33. The summed E-state index contributed by atoms with van der Waals surface area (Å²) in [7, 11) is 0. The first-order chi connectivity index (χ1) is 7.31. The molecule has 0 N–H and O–H groups in total. The smallest absolute Gasteiger partial charge is 0.133 e. The van der Waals surface area contributed by atoms with Crippen LogP contribution >= 0.6 is 0 Å². The summed E-state index contributed by atoms with van der Waals surface area (Å²) in [6.45, 7) is 4.09. The van der Waals surface area contributed by atoms with Crippen LogP contribution in [0.4, 0.5) is 0 Å². The highest BCUT2D eigenvalue weighted by molar-refractivity contribution is 5.79. The fraction of sp³-hybridized carbons (Fsp3) is 0.923. The third kappa shape index (κ3) is 2.60. The van der Waals surface area contributed by atoms with E-state index < -0.39 is 0 Å². The monoisotopic (exact) mass is 210 g/mol. The van der Waals surface area contributed by atoms with Gasteiger partial charge in [0.15, 0.2) is 0 Å². The minimum atomic E-state index is 0.496. The quantitative estimate of drug-likeness (QED) is 0.700. The molecule has 0 spiro atoms. The Balaban J connectivity index is 1.98. The highest BCUT2D eigenvalue weighted by Gasteiger charge is 2.34. The van der Waals surface area contributed by atoms with Crippen LogP contribution in [0.1, 0.15) is 45.4 Å². The molecular weight excluding hydrogens is 188 g/mol. The summed E-state index contributed by atoms with van der Waals surface area (Å²) in [5.41, 5.74) is 0. The zero-order valence-electron chi connectivity index (χ0n) is 9.71. The van der Waals surface area contributed by atoms with E-state index in [9.17, 15) is 4.79 Å². The zero-order valence-corrected chi connectivity index (χ0v) is 9.71. The van der Waals surface area contributed by atoms with Crippen LogP contribution < -0.4 is 0 Å². The minimum absolute atomic E-state index is 0.496. The van der Waals surface area contributed by atoms with E-state index in [4.69, 9.17) is 4.74 Å². The van der Waals surface area contributed by atoms with Crippen molar-refractivity contribution >= 4 is 5.78 Å². The number of Topliss-reactive ketones (excluding diaryl/α,β-unsaturated/α-hetero) is 1. The van der Waals surface area contributed by atoms with Gasteiger partial charge in [-0.3, -0.25) is 4.79 Å². The molecule has 2 heteroatoms. The van der Waals surface area contributed by atoms with Crippen LogP contribution in [-0.2, 0) is 9.53 Å². The normalized spacial score (nSPS) is 34.3. The Hall–Kier alpha value is -0.370. The summed E-state index contributed by atoms with van der Waals surface area (Å²) >= 11 is 0. The van der Waals surface area contributed by atoms with Gasteiger partial charge in [0.2, 0.25) is 0 Å². The number of hydrogen-bond acceptors (Lipinski definition) is 2. The first kappa shape index (κ1) is 11.1. The van der Waals surface area contributed by atoms with Crippen molar-refractivity contribution in [3.63, 3.8) is 0 Å². The number of hydrogen-bond donors (Lipinski definition) is 0. The van der Waals surface area contributed by atoms with E-state index in [0.717, 1.165) is 44.3 Å². The van der Waals surface area contributed by atoms with Gasteiger partial charge in [-0.25, -0.2) is 0 Å². The average molecular weight is 210 g/mol. The lowest BCUT2D eigenvalue weighted by atomic mass is 9.69. The number of ether oxygens (including phenoxy) is 1. The molecule has 1 saturated carbocycles. The third-order valence-electron chi connectivity index (χ3n) is 4.26. The highest BCUT2D eigenvalue weighted by Crippen LogP contribution is 2.39. The van der Waals surface area contributed by atoms with E-state index in [0.29, 0.717) is 11.7 Å². The molecule has 1 aliphatic heterocycles. The Morgan fingerprint density at radius 2 is 2.00 bits per heavy atom. The van der Waals surface area contributed by atoms with Gasteiger partial charge >= 0.3 is 0 Å². The van der Waals surface area contributed by atoms with Gasteiger partial charge in [-0.05, 0) is 37.0 Å². The fourth-order valence-corrected chi connectivity index (χ4v) is 3.29. The van der Waals surface area contributed by atoms with Crippen LogP contribution in [0.5, 0.6) is 0 Å². The minimum Gasteiger partial charge on any atom is -0.381 e. The molecule has 0 aromatic rings. The average Bonchev–Trinajstić information content (AvgIpc) is 2.30. The van der Waals surface area contributed by atoms with Crippen molar-refractivity contribution in [3.05, 3.63) is 0 Å². The third-order valence-corrected chi connectivity index (χ3v) is 4.26. The van der Waals surface area contributed by atoms with Crippen LogP contribution in [-0.4, -0.2) is 19.0 Å². The molecule has 0 radical (unpaired) electrons. The van der Waals surface area contributed by atoms with Crippen molar-refractivity contribution in [2.24, 2.45) is 17.8 Å². The molecule has 1 heterocycles. The van der Waals surface area contributed by atoms with Crippen LogP contribution in [0, 0.1) is 17.8 Å². The van der Waals surface area contributed by atoms with E-state index in [1.807, 2.05) is 0 Å². The predicted molar refractivity (Wildman–Crippen MR) is 59.7 cm³/mol. The number of ketones is 1. The fourth-order valence-electron chi connectivity index (χ4n) is 3.29. The van der Waals surface area contributed by atoms with Crippen molar-refractivity contribution in [2.45, 2.75) is 45.4 Å². The standard InChI is InChI=1S/C13H22O2/c1-2-10-3-4-12(14)9-13(10)11-5-7-15-8-6-11/h10-11,13H,2-9H2,1H3. The van der Waals surface area contributed by atoms with Crippen LogP contribution in [0.25, 0.3) is 0 Å². The molecule has 2 fully saturated rings. The van der Waals surface area contributed by atoms with Crippen molar-refractivity contribution in [2.75, 3.05) is 13.2 Å². The maximum atomic E-state index is 11.5. The van der Waals surface area contributed by atoms with Crippen LogP contribution in [0.2, 0.25) is 0 Å². The Kier molecular flexibility index (Phi) is 3.79. The van der Waals surface area contributed by atoms with Gasteiger partial charge in [-0.2, -0.15) is 0 Å². The maximum Gasteiger partial charge on any atom is 0.133 e. The highest BCUT2D eigenvalue weighted by atomic mass is 16.5. The van der Waals surface area contributed by atoms with Crippen LogP contribution in [0.3, 0.4) is 0 Å². The molecular formula is C13H22O2. The molecule has 86 valence electrons. The molecule has 0 aromatic heterocycles. The predicted octanol–water partition coefficient (Wildman–Crippen LogP) is 2.81. The van der Waals surface area contributed by atoms with Crippen molar-refractivity contribution in [1.82, 2.24) is 0 Å². The summed E-state index contributed by atoms with van der Waals surface area (Å²) < 4.78 is 5.40. The number of carbonyl (C=O) groups excluding carboxylic acids is 1. The number of rotatable bonds is 2. The maximum absolute atomic E-state index is 11.5. The summed E-state index contributed by atoms with van der Waals surface area (Å²) in [6.07, 6.45) is 6.41. The van der Waals surface area contributed by atoms with Gasteiger partial charge in [0.25, 0.3) is 0 Å². The van der Waals surface area contributed by atoms with Crippen molar-refractivity contribution in [1.29, 1.82) is 0 Å². The van der Waals surface area contributed by atoms with E-state index >= 15 is 0 Å². The van der Waals surface area contributed by atoms with E-state index in [2.05, 4.69) is 6.92 Å². The molecule has 0 bridgehead atoms. The molecule has 1 aliphatic carbocycles. The first-order valence-corrected chi connectivity index (χ1v) is 6.40. The summed E-state index contributed by atoms with van der Waals surface area (Å²) in [5.74, 6) is 2.72. The second kappa shape index (κ2) is 5.11. The molecule has 0 amide bonds. The molecule has 0 aromatic carbocycles. The van der Waals surface area contributed by atoms with Gasteiger partial charge < -0.3 is 4.74 Å². The van der Waals surface area contributed by atoms with E-state index in [1.54, 1.807) is 0 Å². The van der Waals surface area contributed by atoms with Gasteiger partial charge in [0.1, 0.15) is 5.78 Å². The Morgan fingerprint density at radius 3 is 2.67 bits per heavy atom. The lowest BCUT2D eigenvalue weighted by molar-refractivity contribution is -0.124.